The molecule has 0 aliphatic heterocycles. The van der Waals surface area contributed by atoms with Crippen LogP contribution in [-0.2, 0) is 16.0 Å². The minimum atomic E-state index is -0.922. The molecule has 36 heavy (non-hydrogen) atoms. The second-order valence-corrected chi connectivity index (χ2v) is 8.02. The number of hydrogen-bond acceptors (Lipinski definition) is 4. The Bertz CT molecular complexity index is 1410. The molecular weight excluding hydrogens is 463 g/mol. The molecule has 0 spiro atoms. The number of hydroxylamine groups is 1. The van der Waals surface area contributed by atoms with Crippen LogP contribution in [0.3, 0.4) is 0 Å². The summed E-state index contributed by atoms with van der Waals surface area (Å²) >= 11 is 0. The summed E-state index contributed by atoms with van der Waals surface area (Å²) in [6.45, 7) is 0. The number of anilines is 1. The summed E-state index contributed by atoms with van der Waals surface area (Å²) in [4.78, 5) is 40.5. The van der Waals surface area contributed by atoms with Gasteiger partial charge < -0.3 is 15.6 Å². The Labute approximate surface area is 205 Å². The Balaban J connectivity index is 1.54. The second-order valence-electron chi connectivity index (χ2n) is 8.02. The SMILES string of the molecule is O=C(/C=C/c1ccc(C(=O)NC(Cc2c[nH]c3ccccc23)C(=O)Nc2ccc(F)cc2)cc1)NO. The van der Waals surface area contributed by atoms with E-state index in [0.717, 1.165) is 22.5 Å². The highest BCUT2D eigenvalue weighted by Gasteiger charge is 2.23. The molecule has 3 aromatic carbocycles. The highest BCUT2D eigenvalue weighted by atomic mass is 19.1. The number of halogens is 1. The van der Waals surface area contributed by atoms with Crippen LogP contribution >= 0.6 is 0 Å². The van der Waals surface area contributed by atoms with Gasteiger partial charge in [0.15, 0.2) is 0 Å². The summed E-state index contributed by atoms with van der Waals surface area (Å²) in [5.41, 5.74) is 4.62. The van der Waals surface area contributed by atoms with Crippen LogP contribution < -0.4 is 16.1 Å². The van der Waals surface area contributed by atoms with Crippen molar-refractivity contribution in [2.75, 3.05) is 5.32 Å². The smallest absolute Gasteiger partial charge is 0.267 e. The average Bonchev–Trinajstić information content (AvgIpc) is 3.31. The fourth-order valence-electron chi connectivity index (χ4n) is 3.69. The Kier molecular flexibility index (Phi) is 7.52. The number of carbonyl (C=O) groups excluding carboxylic acids is 3. The summed E-state index contributed by atoms with van der Waals surface area (Å²) in [5.74, 6) is -2.01. The lowest BCUT2D eigenvalue weighted by Crippen LogP contribution is -2.45. The Morgan fingerprint density at radius 2 is 1.69 bits per heavy atom. The van der Waals surface area contributed by atoms with Gasteiger partial charge in [-0.2, -0.15) is 0 Å². The van der Waals surface area contributed by atoms with E-state index in [4.69, 9.17) is 5.21 Å². The number of nitrogens with one attached hydrogen (secondary N) is 4. The van der Waals surface area contributed by atoms with Crippen LogP contribution in [-0.4, -0.2) is 34.0 Å². The molecule has 1 heterocycles. The molecule has 5 N–H and O–H groups in total. The van der Waals surface area contributed by atoms with Gasteiger partial charge in [-0.15, -0.1) is 0 Å². The Morgan fingerprint density at radius 1 is 0.972 bits per heavy atom. The lowest BCUT2D eigenvalue weighted by Gasteiger charge is -2.19. The predicted molar refractivity (Wildman–Crippen MR) is 134 cm³/mol. The molecule has 1 aromatic heterocycles. The zero-order valence-corrected chi connectivity index (χ0v) is 19.0. The molecule has 0 radical (unpaired) electrons. The minimum Gasteiger partial charge on any atom is -0.361 e. The largest absolute Gasteiger partial charge is 0.361 e. The zero-order chi connectivity index (χ0) is 25.5. The van der Waals surface area contributed by atoms with Crippen molar-refractivity contribution in [3.8, 4) is 0 Å². The average molecular weight is 487 g/mol. The van der Waals surface area contributed by atoms with Crippen LogP contribution in [0.1, 0.15) is 21.5 Å². The number of aromatic amines is 1. The minimum absolute atomic E-state index is 0.222. The van der Waals surface area contributed by atoms with Gasteiger partial charge in [0.2, 0.25) is 5.91 Å². The molecule has 0 saturated heterocycles. The maximum absolute atomic E-state index is 13.3. The van der Waals surface area contributed by atoms with Crippen LogP contribution in [0, 0.1) is 5.82 Å². The standard InChI is InChI=1S/C27H23FN4O4/c28-20-10-12-21(13-11-20)30-27(35)24(15-19-16-29-23-4-2-1-3-22(19)23)31-26(34)18-8-5-17(6-9-18)7-14-25(33)32-36/h1-14,16,24,29,36H,15H2,(H,30,35)(H,31,34)(H,32,33)/b14-7+. The fraction of sp³-hybridized carbons (Fsp3) is 0.0741. The molecule has 0 fully saturated rings. The predicted octanol–water partition coefficient (Wildman–Crippen LogP) is 3.81. The van der Waals surface area contributed by atoms with E-state index >= 15 is 0 Å². The Morgan fingerprint density at radius 3 is 2.42 bits per heavy atom. The summed E-state index contributed by atoms with van der Waals surface area (Å²) in [7, 11) is 0. The number of carbonyl (C=O) groups is 3. The third-order valence-corrected chi connectivity index (χ3v) is 5.54. The second kappa shape index (κ2) is 11.1. The van der Waals surface area contributed by atoms with E-state index in [1.165, 1.54) is 35.8 Å². The number of fused-ring (bicyclic) bond motifs is 1. The maximum Gasteiger partial charge on any atom is 0.267 e. The molecule has 9 heteroatoms. The molecule has 182 valence electrons. The van der Waals surface area contributed by atoms with E-state index in [1.807, 2.05) is 24.3 Å². The van der Waals surface area contributed by atoms with E-state index in [1.54, 1.807) is 30.5 Å². The van der Waals surface area contributed by atoms with Crippen LogP contribution in [0.4, 0.5) is 10.1 Å². The number of H-pyrrole nitrogens is 1. The van der Waals surface area contributed by atoms with Gasteiger partial charge in [0, 0.05) is 40.8 Å². The van der Waals surface area contributed by atoms with Gasteiger partial charge in [-0.3, -0.25) is 19.6 Å². The lowest BCUT2D eigenvalue weighted by atomic mass is 10.0. The molecule has 0 aliphatic rings. The van der Waals surface area contributed by atoms with Gasteiger partial charge >= 0.3 is 0 Å². The summed E-state index contributed by atoms with van der Waals surface area (Å²) < 4.78 is 13.3. The van der Waals surface area contributed by atoms with Crippen molar-refractivity contribution in [3.05, 3.63) is 108 Å². The summed E-state index contributed by atoms with van der Waals surface area (Å²) in [6.07, 6.45) is 4.65. The van der Waals surface area contributed by atoms with E-state index < -0.39 is 29.6 Å². The number of rotatable bonds is 8. The topological polar surface area (TPSA) is 123 Å². The molecular formula is C27H23FN4O4. The number of aromatic nitrogens is 1. The lowest BCUT2D eigenvalue weighted by molar-refractivity contribution is -0.124. The molecule has 4 rings (SSSR count). The monoisotopic (exact) mass is 486 g/mol. The number of para-hydroxylation sites is 1. The zero-order valence-electron chi connectivity index (χ0n) is 19.0. The first-order chi connectivity index (χ1) is 17.4. The number of hydrogen-bond donors (Lipinski definition) is 5. The van der Waals surface area contributed by atoms with E-state index in [9.17, 15) is 18.8 Å². The van der Waals surface area contributed by atoms with Crippen molar-refractivity contribution in [3.63, 3.8) is 0 Å². The van der Waals surface area contributed by atoms with Gasteiger partial charge in [0.25, 0.3) is 11.8 Å². The van der Waals surface area contributed by atoms with Crippen LogP contribution in [0.2, 0.25) is 0 Å². The van der Waals surface area contributed by atoms with E-state index in [2.05, 4.69) is 15.6 Å². The van der Waals surface area contributed by atoms with Gasteiger partial charge in [-0.25, -0.2) is 9.87 Å². The van der Waals surface area contributed by atoms with Gasteiger partial charge in [-0.05, 0) is 59.7 Å². The van der Waals surface area contributed by atoms with E-state index in [0.29, 0.717) is 16.8 Å². The van der Waals surface area contributed by atoms with Crippen molar-refractivity contribution in [1.82, 2.24) is 15.8 Å². The third-order valence-electron chi connectivity index (χ3n) is 5.54. The van der Waals surface area contributed by atoms with Crippen LogP contribution in [0.15, 0.2) is 85.1 Å². The normalized spacial score (nSPS) is 11.8. The first-order valence-electron chi connectivity index (χ1n) is 11.1. The first kappa shape index (κ1) is 24.4. The Hall–Kier alpha value is -4.76. The van der Waals surface area contributed by atoms with Crippen molar-refractivity contribution in [2.24, 2.45) is 0 Å². The molecule has 8 nitrogen and oxygen atoms in total. The highest BCUT2D eigenvalue weighted by molar-refractivity contribution is 6.01. The van der Waals surface area contributed by atoms with Gasteiger partial charge in [-0.1, -0.05) is 30.3 Å². The molecule has 4 aromatic rings. The molecule has 1 unspecified atom stereocenters. The van der Waals surface area contributed by atoms with Gasteiger partial charge in [0.05, 0.1) is 0 Å². The third kappa shape index (κ3) is 6.02. The van der Waals surface area contributed by atoms with Crippen molar-refractivity contribution < 1.29 is 24.0 Å². The first-order valence-corrected chi connectivity index (χ1v) is 11.1. The molecule has 0 saturated carbocycles. The quantitative estimate of drug-likeness (QED) is 0.148. The number of amides is 3. The fourth-order valence-corrected chi connectivity index (χ4v) is 3.69. The van der Waals surface area contributed by atoms with E-state index in [-0.39, 0.29) is 6.42 Å². The van der Waals surface area contributed by atoms with Gasteiger partial charge in [0.1, 0.15) is 11.9 Å². The van der Waals surface area contributed by atoms with Crippen molar-refractivity contribution in [1.29, 1.82) is 0 Å². The molecule has 0 aliphatic carbocycles. The molecule has 1 atom stereocenters. The van der Waals surface area contributed by atoms with Crippen molar-refractivity contribution >= 4 is 40.4 Å². The number of benzene rings is 3. The van der Waals surface area contributed by atoms with Crippen LogP contribution in [0.25, 0.3) is 17.0 Å². The maximum atomic E-state index is 13.3. The molecule has 0 bridgehead atoms. The summed E-state index contributed by atoms with van der Waals surface area (Å²) in [5, 5.41) is 15.0. The summed E-state index contributed by atoms with van der Waals surface area (Å²) in [6, 6.07) is 18.5. The highest BCUT2D eigenvalue weighted by Crippen LogP contribution is 2.20. The van der Waals surface area contributed by atoms with Crippen LogP contribution in [0.5, 0.6) is 0 Å². The molecule has 3 amide bonds. The van der Waals surface area contributed by atoms with Crippen molar-refractivity contribution in [2.45, 2.75) is 12.5 Å².